The highest BCUT2D eigenvalue weighted by atomic mass is 16.1. The first-order valence-electron chi connectivity index (χ1n) is 7.63. The van der Waals surface area contributed by atoms with E-state index in [1.807, 2.05) is 0 Å². The van der Waals surface area contributed by atoms with Crippen molar-refractivity contribution in [3.8, 4) is 5.82 Å². The molecule has 1 unspecified atom stereocenters. The van der Waals surface area contributed by atoms with E-state index in [0.717, 1.165) is 19.5 Å². The minimum atomic E-state index is -0.0764. The number of pyridine rings is 1. The molecule has 1 saturated heterocycles. The Morgan fingerprint density at radius 3 is 3.23 bits per heavy atom. The van der Waals surface area contributed by atoms with Crippen LogP contribution in [0.15, 0.2) is 31.0 Å². The number of amides is 1. The first kappa shape index (κ1) is 14.6. The fraction of sp³-hybridized carbons (Fsp3) is 0.467. The van der Waals surface area contributed by atoms with E-state index in [1.54, 1.807) is 24.7 Å². The van der Waals surface area contributed by atoms with Crippen molar-refractivity contribution in [1.82, 2.24) is 30.4 Å². The van der Waals surface area contributed by atoms with Crippen molar-refractivity contribution >= 4 is 5.91 Å². The number of nitrogens with zero attached hydrogens (tertiary/aromatic N) is 4. The number of carbonyl (C=O) groups excluding carboxylic acids is 1. The molecule has 1 amide bonds. The number of piperidine rings is 1. The number of rotatable bonds is 5. The van der Waals surface area contributed by atoms with Crippen LogP contribution in [-0.2, 0) is 0 Å². The van der Waals surface area contributed by atoms with Gasteiger partial charge in [0.1, 0.15) is 12.7 Å². The van der Waals surface area contributed by atoms with Crippen molar-refractivity contribution in [2.75, 3.05) is 19.6 Å². The van der Waals surface area contributed by atoms with Gasteiger partial charge in [-0.1, -0.05) is 0 Å². The van der Waals surface area contributed by atoms with E-state index in [2.05, 4.69) is 25.7 Å². The summed E-state index contributed by atoms with van der Waals surface area (Å²) < 4.78 is 1.53. The lowest BCUT2D eigenvalue weighted by Gasteiger charge is -2.22. The smallest absolute Gasteiger partial charge is 0.251 e. The Bertz CT molecular complexity index is 606. The lowest BCUT2D eigenvalue weighted by molar-refractivity contribution is 0.0950. The van der Waals surface area contributed by atoms with Gasteiger partial charge in [0.15, 0.2) is 5.82 Å². The highest BCUT2D eigenvalue weighted by molar-refractivity contribution is 5.94. The summed E-state index contributed by atoms with van der Waals surface area (Å²) in [4.78, 5) is 20.3. The van der Waals surface area contributed by atoms with Crippen molar-refractivity contribution in [2.24, 2.45) is 5.92 Å². The summed E-state index contributed by atoms with van der Waals surface area (Å²) in [7, 11) is 0. The third kappa shape index (κ3) is 3.67. The molecule has 2 aromatic heterocycles. The molecule has 1 fully saturated rings. The fourth-order valence-electron chi connectivity index (χ4n) is 2.67. The van der Waals surface area contributed by atoms with Gasteiger partial charge in [0.2, 0.25) is 0 Å². The Hall–Kier alpha value is -2.28. The van der Waals surface area contributed by atoms with Gasteiger partial charge in [0.05, 0.1) is 0 Å². The second kappa shape index (κ2) is 7.13. The number of nitrogens with one attached hydrogen (secondary N) is 2. The summed E-state index contributed by atoms with van der Waals surface area (Å²) >= 11 is 0. The minimum absolute atomic E-state index is 0.0764. The zero-order valence-corrected chi connectivity index (χ0v) is 12.4. The number of hydrogen-bond acceptors (Lipinski definition) is 5. The molecule has 1 aliphatic heterocycles. The molecule has 7 heteroatoms. The molecular weight excluding hydrogens is 280 g/mol. The number of aromatic nitrogens is 4. The number of carbonyl (C=O) groups is 1. The lowest BCUT2D eigenvalue weighted by atomic mass is 9.96. The van der Waals surface area contributed by atoms with Gasteiger partial charge >= 0.3 is 0 Å². The van der Waals surface area contributed by atoms with Gasteiger partial charge in [-0.3, -0.25) is 4.79 Å². The van der Waals surface area contributed by atoms with Crippen molar-refractivity contribution in [3.63, 3.8) is 0 Å². The van der Waals surface area contributed by atoms with Crippen LogP contribution in [0.5, 0.6) is 0 Å². The molecule has 0 aromatic carbocycles. The van der Waals surface area contributed by atoms with Crippen LogP contribution in [0, 0.1) is 5.92 Å². The Kier molecular flexibility index (Phi) is 4.75. The van der Waals surface area contributed by atoms with Crippen LogP contribution in [0.4, 0.5) is 0 Å². The van der Waals surface area contributed by atoms with Gasteiger partial charge in [-0.25, -0.2) is 14.6 Å². The first-order chi connectivity index (χ1) is 10.8. The van der Waals surface area contributed by atoms with Gasteiger partial charge in [-0.15, -0.1) is 0 Å². The van der Waals surface area contributed by atoms with E-state index in [1.165, 1.54) is 23.9 Å². The third-order valence-corrected chi connectivity index (χ3v) is 3.90. The fourth-order valence-corrected chi connectivity index (χ4v) is 2.67. The van der Waals surface area contributed by atoms with E-state index in [4.69, 9.17) is 0 Å². The van der Waals surface area contributed by atoms with Crippen molar-refractivity contribution in [1.29, 1.82) is 0 Å². The summed E-state index contributed by atoms with van der Waals surface area (Å²) in [6.07, 6.45) is 8.09. The van der Waals surface area contributed by atoms with Crippen molar-refractivity contribution < 1.29 is 4.79 Å². The largest absolute Gasteiger partial charge is 0.352 e. The quantitative estimate of drug-likeness (QED) is 0.852. The van der Waals surface area contributed by atoms with Crippen LogP contribution in [0.3, 0.4) is 0 Å². The second-order valence-electron chi connectivity index (χ2n) is 5.50. The monoisotopic (exact) mass is 300 g/mol. The zero-order chi connectivity index (χ0) is 15.2. The number of hydrogen-bond donors (Lipinski definition) is 2. The average Bonchev–Trinajstić information content (AvgIpc) is 3.10. The van der Waals surface area contributed by atoms with Crippen LogP contribution >= 0.6 is 0 Å². The van der Waals surface area contributed by atoms with E-state index in [0.29, 0.717) is 23.8 Å². The van der Waals surface area contributed by atoms with Gasteiger partial charge in [0.25, 0.3) is 5.91 Å². The molecule has 0 spiro atoms. The predicted octanol–water partition coefficient (Wildman–Crippen LogP) is 0.782. The molecule has 0 bridgehead atoms. The van der Waals surface area contributed by atoms with Crippen molar-refractivity contribution in [3.05, 3.63) is 36.5 Å². The molecule has 0 radical (unpaired) electrons. The Labute approximate surface area is 129 Å². The molecule has 3 rings (SSSR count). The predicted molar refractivity (Wildman–Crippen MR) is 81.7 cm³/mol. The zero-order valence-electron chi connectivity index (χ0n) is 12.4. The Morgan fingerprint density at radius 1 is 1.50 bits per heavy atom. The molecule has 116 valence electrons. The van der Waals surface area contributed by atoms with Crippen LogP contribution < -0.4 is 10.6 Å². The normalized spacial score (nSPS) is 18.1. The highest BCUT2D eigenvalue weighted by Gasteiger charge is 2.13. The molecule has 1 aliphatic rings. The highest BCUT2D eigenvalue weighted by Crippen LogP contribution is 2.13. The van der Waals surface area contributed by atoms with Crippen LogP contribution in [0.1, 0.15) is 29.6 Å². The topological polar surface area (TPSA) is 84.7 Å². The van der Waals surface area contributed by atoms with Gasteiger partial charge in [0, 0.05) is 18.3 Å². The van der Waals surface area contributed by atoms with Gasteiger partial charge in [-0.2, -0.15) is 5.10 Å². The standard InChI is InChI=1S/C15H20N6O/c22-15(19-6-3-12-2-1-5-16-9-12)13-4-7-18-14(8-13)21-11-17-10-20-21/h4,7-8,10-12,16H,1-3,5-6,9H2,(H,19,22). The lowest BCUT2D eigenvalue weighted by Crippen LogP contribution is -2.33. The molecular formula is C15H20N6O. The molecule has 22 heavy (non-hydrogen) atoms. The molecule has 1 atom stereocenters. The molecule has 2 N–H and O–H groups in total. The third-order valence-electron chi connectivity index (χ3n) is 3.90. The molecule has 0 aliphatic carbocycles. The summed E-state index contributed by atoms with van der Waals surface area (Å²) in [5.41, 5.74) is 0.585. The van der Waals surface area contributed by atoms with E-state index in [-0.39, 0.29) is 5.91 Å². The van der Waals surface area contributed by atoms with E-state index >= 15 is 0 Å². The maximum Gasteiger partial charge on any atom is 0.251 e. The summed E-state index contributed by atoms with van der Waals surface area (Å²) in [5, 5.41) is 10.4. The van der Waals surface area contributed by atoms with Gasteiger partial charge in [-0.05, 0) is 50.4 Å². The van der Waals surface area contributed by atoms with Crippen LogP contribution in [0.2, 0.25) is 0 Å². The maximum atomic E-state index is 12.2. The molecule has 2 aromatic rings. The maximum absolute atomic E-state index is 12.2. The molecule has 0 saturated carbocycles. The van der Waals surface area contributed by atoms with E-state index < -0.39 is 0 Å². The summed E-state index contributed by atoms with van der Waals surface area (Å²) in [6, 6.07) is 3.42. The summed E-state index contributed by atoms with van der Waals surface area (Å²) in [6.45, 7) is 2.87. The van der Waals surface area contributed by atoms with Crippen LogP contribution in [0.25, 0.3) is 5.82 Å². The van der Waals surface area contributed by atoms with Gasteiger partial charge < -0.3 is 10.6 Å². The van der Waals surface area contributed by atoms with E-state index in [9.17, 15) is 4.79 Å². The second-order valence-corrected chi connectivity index (χ2v) is 5.50. The average molecular weight is 300 g/mol. The summed E-state index contributed by atoms with van der Waals surface area (Å²) in [5.74, 6) is 1.17. The molecule has 7 nitrogen and oxygen atoms in total. The Balaban J connectivity index is 1.54. The Morgan fingerprint density at radius 2 is 2.45 bits per heavy atom. The molecule has 3 heterocycles. The SMILES string of the molecule is O=C(NCCC1CCCNC1)c1ccnc(-n2cncn2)c1. The van der Waals surface area contributed by atoms with Crippen molar-refractivity contribution in [2.45, 2.75) is 19.3 Å². The minimum Gasteiger partial charge on any atom is -0.352 e. The first-order valence-corrected chi connectivity index (χ1v) is 7.63. The van der Waals surface area contributed by atoms with Crippen LogP contribution in [-0.4, -0.2) is 45.3 Å².